The van der Waals surface area contributed by atoms with E-state index in [0.29, 0.717) is 15.2 Å². The Hall–Kier alpha value is -2.23. The molecule has 4 rings (SSSR count). The van der Waals surface area contributed by atoms with Crippen molar-refractivity contribution in [1.29, 1.82) is 0 Å². The lowest BCUT2D eigenvalue weighted by Crippen LogP contribution is -2.50. The van der Waals surface area contributed by atoms with Gasteiger partial charge in [0.05, 0.1) is 0 Å². The molecular formula is C19H19FN2O4S2. The maximum absolute atomic E-state index is 13.9. The number of fused-ring (bicyclic) bond motifs is 1. The van der Waals surface area contributed by atoms with Crippen molar-refractivity contribution >= 4 is 38.2 Å². The van der Waals surface area contributed by atoms with E-state index < -0.39 is 15.8 Å². The van der Waals surface area contributed by atoms with E-state index in [1.807, 2.05) is 6.92 Å². The van der Waals surface area contributed by atoms with Crippen molar-refractivity contribution in [3.8, 4) is 0 Å². The van der Waals surface area contributed by atoms with Crippen molar-refractivity contribution in [2.24, 2.45) is 0 Å². The Morgan fingerprint density at radius 2 is 1.82 bits per heavy atom. The highest BCUT2D eigenvalue weighted by molar-refractivity contribution is 7.91. The molecule has 2 aromatic heterocycles. The van der Waals surface area contributed by atoms with Crippen LogP contribution in [0.3, 0.4) is 0 Å². The molecule has 0 aliphatic carbocycles. The lowest BCUT2D eigenvalue weighted by Gasteiger charge is -2.33. The maximum Gasteiger partial charge on any atom is 0.289 e. The van der Waals surface area contributed by atoms with Crippen molar-refractivity contribution in [2.75, 3.05) is 26.2 Å². The minimum atomic E-state index is -3.55. The first-order chi connectivity index (χ1) is 13.3. The fourth-order valence-corrected chi connectivity index (χ4v) is 6.23. The third kappa shape index (κ3) is 3.13. The zero-order valence-electron chi connectivity index (χ0n) is 15.4. The molecule has 9 heteroatoms. The smallest absolute Gasteiger partial charge is 0.289 e. The number of furan rings is 1. The van der Waals surface area contributed by atoms with Gasteiger partial charge in [-0.25, -0.2) is 12.8 Å². The van der Waals surface area contributed by atoms with Crippen molar-refractivity contribution in [2.45, 2.75) is 18.1 Å². The molecular weight excluding hydrogens is 403 g/mol. The predicted molar refractivity (Wildman–Crippen MR) is 105 cm³/mol. The minimum absolute atomic E-state index is 0.0672. The van der Waals surface area contributed by atoms with Crippen molar-refractivity contribution < 1.29 is 22.0 Å². The molecule has 1 aliphatic heterocycles. The quantitative estimate of drug-likeness (QED) is 0.649. The summed E-state index contributed by atoms with van der Waals surface area (Å²) in [7, 11) is -3.55. The normalized spacial score (nSPS) is 16.0. The van der Waals surface area contributed by atoms with Crippen LogP contribution >= 0.6 is 11.3 Å². The van der Waals surface area contributed by atoms with Gasteiger partial charge in [-0.15, -0.1) is 11.3 Å². The Balaban J connectivity index is 1.52. The van der Waals surface area contributed by atoms with Crippen LogP contribution in [0.15, 0.2) is 39.0 Å². The SMILES string of the molecule is Cc1ccc(S(=O)(=O)N2CCN(C(=O)c3oc4c(F)cccc4c3C)CC2)s1. The van der Waals surface area contributed by atoms with Gasteiger partial charge in [0.2, 0.25) is 0 Å². The second-order valence-electron chi connectivity index (χ2n) is 6.73. The third-order valence-corrected chi connectivity index (χ3v) is 8.31. The number of carbonyl (C=O) groups excluding carboxylic acids is 1. The monoisotopic (exact) mass is 422 g/mol. The van der Waals surface area contributed by atoms with Crippen LogP contribution in [-0.4, -0.2) is 49.7 Å². The van der Waals surface area contributed by atoms with Crippen LogP contribution in [0.2, 0.25) is 0 Å². The topological polar surface area (TPSA) is 70.8 Å². The molecule has 1 amide bonds. The van der Waals surface area contributed by atoms with Gasteiger partial charge in [0.25, 0.3) is 15.9 Å². The summed E-state index contributed by atoms with van der Waals surface area (Å²) in [6, 6.07) is 7.96. The zero-order chi connectivity index (χ0) is 20.1. The first kappa shape index (κ1) is 19.1. The third-order valence-electron chi connectivity index (χ3n) is 4.95. The Labute approximate surface area is 166 Å². The van der Waals surface area contributed by atoms with E-state index in [1.165, 1.54) is 21.7 Å². The van der Waals surface area contributed by atoms with E-state index in [2.05, 4.69) is 0 Å². The van der Waals surface area contributed by atoms with Crippen LogP contribution < -0.4 is 0 Å². The van der Waals surface area contributed by atoms with Gasteiger partial charge < -0.3 is 9.32 Å². The van der Waals surface area contributed by atoms with E-state index in [-0.39, 0.29) is 43.4 Å². The molecule has 0 unspecified atom stereocenters. The molecule has 0 N–H and O–H groups in total. The summed E-state index contributed by atoms with van der Waals surface area (Å²) in [5.74, 6) is -0.760. The molecule has 1 aromatic carbocycles. The van der Waals surface area contributed by atoms with E-state index in [4.69, 9.17) is 4.42 Å². The number of piperazine rings is 1. The molecule has 1 fully saturated rings. The molecule has 0 radical (unpaired) electrons. The number of hydrogen-bond donors (Lipinski definition) is 0. The number of benzene rings is 1. The summed E-state index contributed by atoms with van der Waals surface area (Å²) in [5.41, 5.74) is 0.654. The van der Waals surface area contributed by atoms with Crippen molar-refractivity contribution in [3.05, 3.63) is 52.3 Å². The molecule has 0 saturated carbocycles. The van der Waals surface area contributed by atoms with E-state index in [1.54, 1.807) is 36.1 Å². The summed E-state index contributed by atoms with van der Waals surface area (Å²) in [6.45, 7) is 4.50. The van der Waals surface area contributed by atoms with Gasteiger partial charge >= 0.3 is 0 Å². The van der Waals surface area contributed by atoms with Crippen molar-refractivity contribution in [1.82, 2.24) is 9.21 Å². The number of amides is 1. The first-order valence-corrected chi connectivity index (χ1v) is 11.1. The van der Waals surface area contributed by atoms with Crippen molar-refractivity contribution in [3.63, 3.8) is 0 Å². The fourth-order valence-electron chi connectivity index (χ4n) is 3.37. The molecule has 1 aliphatic rings. The van der Waals surface area contributed by atoms with E-state index >= 15 is 0 Å². The number of hydrogen-bond acceptors (Lipinski definition) is 5. The molecule has 3 aromatic rings. The highest BCUT2D eigenvalue weighted by Gasteiger charge is 2.33. The number of sulfonamides is 1. The summed E-state index contributed by atoms with van der Waals surface area (Å²) < 4.78 is 46.6. The van der Waals surface area contributed by atoms with Gasteiger partial charge in [-0.1, -0.05) is 12.1 Å². The van der Waals surface area contributed by atoms with E-state index in [0.717, 1.165) is 4.88 Å². The Bertz CT molecular complexity index is 1160. The van der Waals surface area contributed by atoms with Crippen LogP contribution in [0.4, 0.5) is 4.39 Å². The zero-order valence-corrected chi connectivity index (χ0v) is 17.1. The number of thiophene rings is 1. The number of halogens is 1. The highest BCUT2D eigenvalue weighted by atomic mass is 32.2. The minimum Gasteiger partial charge on any atom is -0.448 e. The lowest BCUT2D eigenvalue weighted by atomic mass is 10.1. The van der Waals surface area contributed by atoms with Crippen LogP contribution in [0, 0.1) is 19.7 Å². The summed E-state index contributed by atoms with van der Waals surface area (Å²) in [4.78, 5) is 15.4. The predicted octanol–water partition coefficient (Wildman–Crippen LogP) is 3.40. The Kier molecular flexibility index (Phi) is 4.76. The molecule has 0 spiro atoms. The Morgan fingerprint density at radius 1 is 1.11 bits per heavy atom. The van der Waals surface area contributed by atoms with Crippen LogP contribution in [-0.2, 0) is 10.0 Å². The summed E-state index contributed by atoms with van der Waals surface area (Å²) in [6.07, 6.45) is 0. The number of para-hydroxylation sites is 1. The molecule has 6 nitrogen and oxygen atoms in total. The number of rotatable bonds is 3. The molecule has 28 heavy (non-hydrogen) atoms. The Morgan fingerprint density at radius 3 is 2.43 bits per heavy atom. The van der Waals surface area contributed by atoms with Crippen LogP contribution in [0.25, 0.3) is 11.0 Å². The van der Waals surface area contributed by atoms with Gasteiger partial charge in [0, 0.05) is 42.0 Å². The molecule has 0 atom stereocenters. The van der Waals surface area contributed by atoms with Crippen LogP contribution in [0.1, 0.15) is 21.0 Å². The summed E-state index contributed by atoms with van der Waals surface area (Å²) in [5, 5.41) is 0.567. The van der Waals surface area contributed by atoms with Crippen LogP contribution in [0.5, 0.6) is 0 Å². The van der Waals surface area contributed by atoms with E-state index in [9.17, 15) is 17.6 Å². The summed E-state index contributed by atoms with van der Waals surface area (Å²) >= 11 is 1.24. The molecule has 1 saturated heterocycles. The average Bonchev–Trinajstić information content (AvgIpc) is 3.27. The van der Waals surface area contributed by atoms with Gasteiger partial charge in [-0.3, -0.25) is 4.79 Å². The molecule has 148 valence electrons. The number of nitrogens with zero attached hydrogens (tertiary/aromatic N) is 2. The maximum atomic E-state index is 13.9. The number of aryl methyl sites for hydroxylation is 2. The van der Waals surface area contributed by atoms with Gasteiger partial charge in [0.15, 0.2) is 17.2 Å². The fraction of sp³-hybridized carbons (Fsp3) is 0.316. The molecule has 3 heterocycles. The standard InChI is InChI=1S/C19H19FN2O4S2/c1-12-6-7-16(27-12)28(24,25)22-10-8-21(9-11-22)19(23)17-13(2)14-4-3-5-15(20)18(14)26-17/h3-7H,8-11H2,1-2H3. The average molecular weight is 423 g/mol. The lowest BCUT2D eigenvalue weighted by molar-refractivity contribution is 0.0667. The number of carbonyl (C=O) groups is 1. The molecule has 0 bridgehead atoms. The van der Waals surface area contributed by atoms with Gasteiger partial charge in [-0.05, 0) is 32.0 Å². The van der Waals surface area contributed by atoms with Gasteiger partial charge in [0.1, 0.15) is 4.21 Å². The second kappa shape index (κ2) is 6.98. The largest absolute Gasteiger partial charge is 0.448 e. The van der Waals surface area contributed by atoms with Gasteiger partial charge in [-0.2, -0.15) is 4.31 Å². The highest BCUT2D eigenvalue weighted by Crippen LogP contribution is 2.29. The first-order valence-electron chi connectivity index (χ1n) is 8.82. The second-order valence-corrected chi connectivity index (χ2v) is 10.2.